The maximum atomic E-state index is 5.29. The van der Waals surface area contributed by atoms with E-state index in [-0.39, 0.29) is 0 Å². The fourth-order valence-electron chi connectivity index (χ4n) is 1.89. The summed E-state index contributed by atoms with van der Waals surface area (Å²) in [6.07, 6.45) is 0. The maximum Gasteiger partial charge on any atom is 0.162 e. The Morgan fingerprint density at radius 1 is 1.06 bits per heavy atom. The maximum absolute atomic E-state index is 5.29. The highest BCUT2D eigenvalue weighted by molar-refractivity contribution is 5.56. The standard InChI is InChI=1S/C12H17N2O2/c1-15-11-4-3-10(9-12(11)16-2)14-7-5-13-6-8-14/h3-4,9H,5-8H2,1-2H3. The Labute approximate surface area is 96.2 Å². The van der Waals surface area contributed by atoms with Crippen molar-refractivity contribution in [2.75, 3.05) is 45.3 Å². The highest BCUT2D eigenvalue weighted by Gasteiger charge is 2.13. The molecule has 4 nitrogen and oxygen atoms in total. The molecule has 0 saturated carbocycles. The number of hydrogen-bond acceptors (Lipinski definition) is 3. The van der Waals surface area contributed by atoms with Gasteiger partial charge in [0.05, 0.1) is 14.2 Å². The number of anilines is 1. The lowest BCUT2D eigenvalue weighted by Crippen LogP contribution is -2.40. The first kappa shape index (κ1) is 11.1. The lowest BCUT2D eigenvalue weighted by molar-refractivity contribution is 0.355. The molecule has 87 valence electrons. The van der Waals surface area contributed by atoms with Crippen LogP contribution in [-0.4, -0.2) is 40.4 Å². The molecule has 1 heterocycles. The minimum atomic E-state index is 0.771. The number of methoxy groups -OCH3 is 2. The predicted octanol–water partition coefficient (Wildman–Crippen LogP) is 1.13. The van der Waals surface area contributed by atoms with Crippen LogP contribution in [0, 0.1) is 0 Å². The van der Waals surface area contributed by atoms with Gasteiger partial charge >= 0.3 is 0 Å². The van der Waals surface area contributed by atoms with Crippen LogP contribution in [0.4, 0.5) is 5.69 Å². The molecule has 0 spiro atoms. The van der Waals surface area contributed by atoms with Crippen LogP contribution < -0.4 is 19.7 Å². The van der Waals surface area contributed by atoms with E-state index in [9.17, 15) is 0 Å². The molecule has 0 atom stereocenters. The zero-order chi connectivity index (χ0) is 11.4. The van der Waals surface area contributed by atoms with Crippen LogP contribution in [-0.2, 0) is 0 Å². The van der Waals surface area contributed by atoms with Crippen LogP contribution in [0.5, 0.6) is 11.5 Å². The molecule has 1 aromatic rings. The Morgan fingerprint density at radius 2 is 1.75 bits per heavy atom. The van der Waals surface area contributed by atoms with Gasteiger partial charge in [0.1, 0.15) is 0 Å². The molecule has 16 heavy (non-hydrogen) atoms. The van der Waals surface area contributed by atoms with E-state index in [2.05, 4.69) is 16.3 Å². The van der Waals surface area contributed by atoms with Crippen LogP contribution in [0.2, 0.25) is 0 Å². The summed E-state index contributed by atoms with van der Waals surface area (Å²) in [6.45, 7) is 3.79. The number of ether oxygens (including phenoxy) is 2. The minimum absolute atomic E-state index is 0.771. The third-order valence-corrected chi connectivity index (χ3v) is 2.79. The average Bonchev–Trinajstić information content (AvgIpc) is 2.39. The first-order valence-corrected chi connectivity index (χ1v) is 5.45. The summed E-state index contributed by atoms with van der Waals surface area (Å²) < 4.78 is 10.5. The first-order valence-electron chi connectivity index (χ1n) is 5.45. The van der Waals surface area contributed by atoms with Crippen molar-refractivity contribution in [1.29, 1.82) is 0 Å². The lowest BCUT2D eigenvalue weighted by Gasteiger charge is -2.29. The summed E-state index contributed by atoms with van der Waals surface area (Å²) in [4.78, 5) is 2.31. The quantitative estimate of drug-likeness (QED) is 0.767. The third-order valence-electron chi connectivity index (χ3n) is 2.79. The van der Waals surface area contributed by atoms with Gasteiger partial charge in [-0.2, -0.15) is 0 Å². The van der Waals surface area contributed by atoms with Gasteiger partial charge in [-0.1, -0.05) is 0 Å². The molecule has 4 heteroatoms. The molecular formula is C12H17N2O2. The molecule has 1 saturated heterocycles. The molecule has 1 aliphatic heterocycles. The van der Waals surface area contributed by atoms with Crippen molar-refractivity contribution in [1.82, 2.24) is 5.32 Å². The second kappa shape index (κ2) is 5.07. The number of nitrogens with zero attached hydrogens (tertiary/aromatic N) is 2. The van der Waals surface area contributed by atoms with Crippen LogP contribution in [0.3, 0.4) is 0 Å². The summed E-state index contributed by atoms with van der Waals surface area (Å²) in [6, 6.07) is 6.02. The van der Waals surface area contributed by atoms with E-state index in [4.69, 9.17) is 9.47 Å². The van der Waals surface area contributed by atoms with Gasteiger partial charge in [0.15, 0.2) is 11.5 Å². The second-order valence-electron chi connectivity index (χ2n) is 3.70. The topological polar surface area (TPSA) is 35.8 Å². The lowest BCUT2D eigenvalue weighted by atomic mass is 10.2. The summed E-state index contributed by atoms with van der Waals surface area (Å²) in [5.41, 5.74) is 1.17. The third kappa shape index (κ3) is 2.22. The van der Waals surface area contributed by atoms with Gasteiger partial charge < -0.3 is 14.4 Å². The number of hydrogen-bond donors (Lipinski definition) is 0. The van der Waals surface area contributed by atoms with Gasteiger partial charge in [-0.25, -0.2) is 5.32 Å². The van der Waals surface area contributed by atoms with Crippen molar-refractivity contribution in [2.24, 2.45) is 0 Å². The second-order valence-corrected chi connectivity index (χ2v) is 3.70. The zero-order valence-corrected chi connectivity index (χ0v) is 9.77. The monoisotopic (exact) mass is 221 g/mol. The Hall–Kier alpha value is -1.42. The van der Waals surface area contributed by atoms with Gasteiger partial charge in [0.2, 0.25) is 0 Å². The number of rotatable bonds is 3. The number of benzene rings is 1. The van der Waals surface area contributed by atoms with Gasteiger partial charge in [-0.15, -0.1) is 0 Å². The summed E-state index contributed by atoms with van der Waals surface area (Å²) in [5, 5.41) is 4.33. The average molecular weight is 221 g/mol. The smallest absolute Gasteiger partial charge is 0.162 e. The SMILES string of the molecule is COc1ccc(N2CC[N]CC2)cc1OC. The molecule has 1 fully saturated rings. The molecule has 0 aliphatic carbocycles. The van der Waals surface area contributed by atoms with E-state index in [0.717, 1.165) is 37.7 Å². The van der Waals surface area contributed by atoms with Crippen molar-refractivity contribution in [3.8, 4) is 11.5 Å². The number of piperazine rings is 1. The molecule has 1 radical (unpaired) electrons. The minimum Gasteiger partial charge on any atom is -0.493 e. The molecule has 0 unspecified atom stereocenters. The van der Waals surface area contributed by atoms with E-state index in [0.29, 0.717) is 0 Å². The van der Waals surface area contributed by atoms with E-state index < -0.39 is 0 Å². The zero-order valence-electron chi connectivity index (χ0n) is 9.77. The highest BCUT2D eigenvalue weighted by Crippen LogP contribution is 2.31. The van der Waals surface area contributed by atoms with Crippen molar-refractivity contribution in [2.45, 2.75) is 0 Å². The normalized spacial score (nSPS) is 16.0. The van der Waals surface area contributed by atoms with Gasteiger partial charge in [0.25, 0.3) is 0 Å². The highest BCUT2D eigenvalue weighted by atomic mass is 16.5. The first-order chi connectivity index (χ1) is 7.85. The molecule has 1 aromatic carbocycles. The van der Waals surface area contributed by atoms with Crippen LogP contribution in [0.15, 0.2) is 18.2 Å². The molecule has 0 amide bonds. The van der Waals surface area contributed by atoms with Crippen LogP contribution in [0.25, 0.3) is 0 Å². The fraction of sp³-hybridized carbons (Fsp3) is 0.500. The van der Waals surface area contributed by atoms with Crippen molar-refractivity contribution < 1.29 is 9.47 Å². The molecule has 0 N–H and O–H groups in total. The summed E-state index contributed by atoms with van der Waals surface area (Å²) in [5.74, 6) is 1.55. The van der Waals surface area contributed by atoms with E-state index in [1.807, 2.05) is 12.1 Å². The van der Waals surface area contributed by atoms with E-state index in [1.54, 1.807) is 14.2 Å². The van der Waals surface area contributed by atoms with Gasteiger partial charge in [-0.3, -0.25) is 0 Å². The fourth-order valence-corrected chi connectivity index (χ4v) is 1.89. The Morgan fingerprint density at radius 3 is 2.38 bits per heavy atom. The molecule has 0 bridgehead atoms. The van der Waals surface area contributed by atoms with Crippen LogP contribution >= 0.6 is 0 Å². The largest absolute Gasteiger partial charge is 0.493 e. The van der Waals surface area contributed by atoms with Crippen LogP contribution in [0.1, 0.15) is 0 Å². The molecular weight excluding hydrogens is 204 g/mol. The van der Waals surface area contributed by atoms with Gasteiger partial charge in [-0.05, 0) is 12.1 Å². The van der Waals surface area contributed by atoms with Gasteiger partial charge in [0, 0.05) is 37.9 Å². The Kier molecular flexibility index (Phi) is 3.51. The van der Waals surface area contributed by atoms with Crippen molar-refractivity contribution in [3.05, 3.63) is 18.2 Å². The molecule has 0 aromatic heterocycles. The van der Waals surface area contributed by atoms with Crippen molar-refractivity contribution in [3.63, 3.8) is 0 Å². The van der Waals surface area contributed by atoms with E-state index in [1.165, 1.54) is 5.69 Å². The molecule has 2 rings (SSSR count). The summed E-state index contributed by atoms with van der Waals surface area (Å²) >= 11 is 0. The van der Waals surface area contributed by atoms with E-state index >= 15 is 0 Å². The Bertz CT molecular complexity index is 349. The Balaban J connectivity index is 2.20. The summed E-state index contributed by atoms with van der Waals surface area (Å²) in [7, 11) is 3.31. The predicted molar refractivity (Wildman–Crippen MR) is 63.6 cm³/mol. The molecule has 1 aliphatic rings. The van der Waals surface area contributed by atoms with Crippen molar-refractivity contribution >= 4 is 5.69 Å².